The van der Waals surface area contributed by atoms with Crippen molar-refractivity contribution in [3.63, 3.8) is 0 Å². The summed E-state index contributed by atoms with van der Waals surface area (Å²) in [6.07, 6.45) is 2.97. The van der Waals surface area contributed by atoms with Gasteiger partial charge in [-0.3, -0.25) is 0 Å². The number of fused-ring (bicyclic) bond motifs is 2. The van der Waals surface area contributed by atoms with E-state index in [4.69, 9.17) is 34.7 Å². The summed E-state index contributed by atoms with van der Waals surface area (Å²) in [6.45, 7) is 0. The molecule has 0 unspecified atom stereocenters. The van der Waals surface area contributed by atoms with E-state index in [2.05, 4.69) is 29.9 Å². The van der Waals surface area contributed by atoms with Gasteiger partial charge in [-0.05, 0) is 23.2 Å². The Kier molecular flexibility index (Phi) is 2.59. The van der Waals surface area contributed by atoms with Crippen LogP contribution < -0.4 is 11.5 Å². The van der Waals surface area contributed by atoms with Crippen LogP contribution in [0.15, 0.2) is 12.7 Å². The number of nitrogens with two attached hydrogens (primary N) is 2. The number of halogens is 2. The van der Waals surface area contributed by atoms with Crippen LogP contribution in [-0.4, -0.2) is 39.3 Å². The summed E-state index contributed by atoms with van der Waals surface area (Å²) >= 11 is 11.7. The van der Waals surface area contributed by atoms with Gasteiger partial charge < -0.3 is 11.5 Å². The van der Waals surface area contributed by atoms with Crippen molar-refractivity contribution in [2.75, 3.05) is 11.5 Å². The van der Waals surface area contributed by atoms with Gasteiger partial charge in [0.1, 0.15) is 12.7 Å². The van der Waals surface area contributed by atoms with E-state index in [1.165, 1.54) is 12.7 Å². The summed E-state index contributed by atoms with van der Waals surface area (Å²) in [5, 5.41) is 0.00619. The fourth-order valence-electron chi connectivity index (χ4n) is 2.08. The second-order valence-corrected chi connectivity index (χ2v) is 4.95. The molecule has 0 aliphatic heterocycles. The van der Waals surface area contributed by atoms with Crippen LogP contribution in [0.5, 0.6) is 0 Å². The highest BCUT2D eigenvalue weighted by Crippen LogP contribution is 2.22. The Morgan fingerprint density at radius 3 is 1.55 bits per heavy atom. The average molecular weight is 337 g/mol. The van der Waals surface area contributed by atoms with Gasteiger partial charge in [0.2, 0.25) is 10.6 Å². The molecule has 22 heavy (non-hydrogen) atoms. The number of anilines is 2. The lowest BCUT2D eigenvalue weighted by atomic mass is 10.5. The summed E-state index contributed by atoms with van der Waals surface area (Å²) in [6, 6.07) is 0. The zero-order valence-corrected chi connectivity index (χ0v) is 12.2. The van der Waals surface area contributed by atoms with Crippen LogP contribution in [0.4, 0.5) is 11.6 Å². The smallest absolute Gasteiger partial charge is 0.226 e. The zero-order chi connectivity index (χ0) is 15.4. The minimum absolute atomic E-state index is 0.00310. The van der Waals surface area contributed by atoms with E-state index < -0.39 is 0 Å². The minimum atomic E-state index is 0.00310. The molecule has 4 rings (SSSR count). The van der Waals surface area contributed by atoms with Gasteiger partial charge in [-0.15, -0.1) is 0 Å². The molecule has 0 bridgehead atoms. The van der Waals surface area contributed by atoms with E-state index in [0.29, 0.717) is 22.3 Å². The molecule has 4 aromatic heterocycles. The topological polar surface area (TPSA) is 139 Å². The monoisotopic (exact) mass is 336 g/mol. The van der Waals surface area contributed by atoms with Gasteiger partial charge in [0.05, 0.1) is 0 Å². The first-order valence-electron chi connectivity index (χ1n) is 5.87. The predicted molar refractivity (Wildman–Crippen MR) is 80.3 cm³/mol. The Bertz CT molecular complexity index is 951. The maximum Gasteiger partial charge on any atom is 0.226 e. The van der Waals surface area contributed by atoms with Gasteiger partial charge in [-0.1, -0.05) is 0 Å². The van der Waals surface area contributed by atoms with Crippen LogP contribution in [-0.2, 0) is 0 Å². The molecule has 0 saturated heterocycles. The molecule has 0 spiro atoms. The predicted octanol–water partition coefficient (Wildman–Crippen LogP) is 0.749. The van der Waals surface area contributed by atoms with Gasteiger partial charge in [-0.25, -0.2) is 19.3 Å². The van der Waals surface area contributed by atoms with Gasteiger partial charge in [0, 0.05) is 0 Å². The van der Waals surface area contributed by atoms with Crippen LogP contribution in [0.1, 0.15) is 0 Å². The third kappa shape index (κ3) is 1.74. The summed E-state index contributed by atoms with van der Waals surface area (Å²) in [7, 11) is 0. The fourth-order valence-corrected chi connectivity index (χ4v) is 2.42. The molecule has 10 nitrogen and oxygen atoms in total. The Hall–Kier alpha value is -2.72. The number of imidazole rings is 2. The number of nitrogen functional groups attached to an aromatic ring is 2. The van der Waals surface area contributed by atoms with Gasteiger partial charge in [0.15, 0.2) is 34.0 Å². The highest BCUT2D eigenvalue weighted by Gasteiger charge is 2.16. The maximum atomic E-state index is 5.85. The minimum Gasteiger partial charge on any atom is -0.382 e. The van der Waals surface area contributed by atoms with E-state index in [-0.39, 0.29) is 22.2 Å². The fraction of sp³-hybridized carbons (Fsp3) is 0. The number of rotatable bonds is 1. The lowest BCUT2D eigenvalue weighted by Gasteiger charge is -2.05. The molecule has 0 aliphatic carbocycles. The van der Waals surface area contributed by atoms with Gasteiger partial charge >= 0.3 is 0 Å². The molecule has 0 aliphatic rings. The standard InChI is InChI=1S/C10H6Cl2N10/c11-9-17-5(13)3-7(19-9)21(1-15-3)22-2-16-4-6(14)18-10(12)20-8(4)22/h1-2H,(H2,13,17,19)(H2,14,18,20). The molecule has 0 amide bonds. The first-order chi connectivity index (χ1) is 10.5. The molecule has 4 N–H and O–H groups in total. The van der Waals surface area contributed by atoms with Crippen molar-refractivity contribution in [1.82, 2.24) is 39.3 Å². The van der Waals surface area contributed by atoms with Crippen molar-refractivity contribution in [3.05, 3.63) is 23.2 Å². The van der Waals surface area contributed by atoms with Crippen LogP contribution in [0.25, 0.3) is 22.3 Å². The Labute approximate surface area is 131 Å². The van der Waals surface area contributed by atoms with Crippen molar-refractivity contribution in [2.45, 2.75) is 0 Å². The van der Waals surface area contributed by atoms with E-state index in [1.54, 1.807) is 9.35 Å². The van der Waals surface area contributed by atoms with E-state index in [1.807, 2.05) is 0 Å². The molecule has 0 radical (unpaired) electrons. The Balaban J connectivity index is 2.08. The Morgan fingerprint density at radius 1 is 0.727 bits per heavy atom. The number of hydrogen-bond acceptors (Lipinski definition) is 8. The normalized spacial score (nSPS) is 11.5. The summed E-state index contributed by atoms with van der Waals surface area (Å²) < 4.78 is 3.11. The second-order valence-electron chi connectivity index (χ2n) is 4.28. The molecule has 110 valence electrons. The van der Waals surface area contributed by atoms with Gasteiger partial charge in [0.25, 0.3) is 0 Å². The third-order valence-electron chi connectivity index (χ3n) is 2.99. The Morgan fingerprint density at radius 2 is 1.14 bits per heavy atom. The van der Waals surface area contributed by atoms with Gasteiger partial charge in [-0.2, -0.15) is 19.9 Å². The van der Waals surface area contributed by atoms with Crippen molar-refractivity contribution >= 4 is 57.2 Å². The first-order valence-corrected chi connectivity index (χ1v) is 6.63. The van der Waals surface area contributed by atoms with E-state index in [9.17, 15) is 0 Å². The van der Waals surface area contributed by atoms with Crippen molar-refractivity contribution in [1.29, 1.82) is 0 Å². The summed E-state index contributed by atoms with van der Waals surface area (Å²) in [4.78, 5) is 24.3. The zero-order valence-electron chi connectivity index (χ0n) is 10.6. The molecule has 0 saturated carbocycles. The first kappa shape index (κ1) is 13.0. The highest BCUT2D eigenvalue weighted by molar-refractivity contribution is 6.29. The quantitative estimate of drug-likeness (QED) is 0.485. The number of aromatic nitrogens is 8. The number of hydrogen-bond donors (Lipinski definition) is 2. The van der Waals surface area contributed by atoms with Crippen molar-refractivity contribution < 1.29 is 0 Å². The van der Waals surface area contributed by atoms with Crippen LogP contribution in [0, 0.1) is 0 Å². The molecule has 0 atom stereocenters. The molecular formula is C10H6Cl2N10. The lowest BCUT2D eigenvalue weighted by Crippen LogP contribution is -2.09. The third-order valence-corrected chi connectivity index (χ3v) is 3.33. The summed E-state index contributed by atoms with van der Waals surface area (Å²) in [5.41, 5.74) is 13.2. The maximum absolute atomic E-state index is 5.85. The molecule has 12 heteroatoms. The van der Waals surface area contributed by atoms with E-state index >= 15 is 0 Å². The second kappa shape index (κ2) is 4.39. The number of nitrogens with zero attached hydrogens (tertiary/aromatic N) is 8. The molecule has 0 fully saturated rings. The molecule has 4 heterocycles. The SMILES string of the molecule is Nc1nc(Cl)nc2c1ncn2-n1cnc2c(N)nc(Cl)nc21. The van der Waals surface area contributed by atoms with Crippen molar-refractivity contribution in [2.24, 2.45) is 0 Å². The highest BCUT2D eigenvalue weighted by atomic mass is 35.5. The molecular weight excluding hydrogens is 331 g/mol. The lowest BCUT2D eigenvalue weighted by molar-refractivity contribution is 0.687. The average Bonchev–Trinajstić information content (AvgIpc) is 3.02. The van der Waals surface area contributed by atoms with Crippen LogP contribution in [0.3, 0.4) is 0 Å². The molecule has 0 aromatic carbocycles. The van der Waals surface area contributed by atoms with Crippen LogP contribution in [0.2, 0.25) is 10.6 Å². The van der Waals surface area contributed by atoms with Crippen molar-refractivity contribution in [3.8, 4) is 0 Å². The van der Waals surface area contributed by atoms with Crippen LogP contribution >= 0.6 is 23.2 Å². The largest absolute Gasteiger partial charge is 0.382 e. The molecule has 4 aromatic rings. The van der Waals surface area contributed by atoms with E-state index in [0.717, 1.165) is 0 Å². The summed E-state index contributed by atoms with van der Waals surface area (Å²) in [5.74, 6) is 0.343.